The Morgan fingerprint density at radius 2 is 2.08 bits per heavy atom. The van der Waals surface area contributed by atoms with Crippen LogP contribution in [-0.2, 0) is 4.74 Å². The Kier molecular flexibility index (Phi) is 4.07. The zero-order valence-corrected chi connectivity index (χ0v) is 8.68. The fraction of sp³-hybridized carbons (Fsp3) is 1.00. The first-order valence-corrected chi connectivity index (χ1v) is 5.23. The monoisotopic (exact) mass is 170 g/mol. The summed E-state index contributed by atoms with van der Waals surface area (Å²) in [5.41, 5.74) is 0. The second-order valence-electron chi connectivity index (χ2n) is 4.46. The predicted octanol–water partition coefficient (Wildman–Crippen LogP) is 3.10. The third kappa shape index (κ3) is 2.78. The standard InChI is InChI=1S/C11H22O/c1-9(2)11-5-4-10(8-11)6-7-12-3/h9-11H,4-8H2,1-3H3. The molecule has 0 aromatic carbocycles. The zero-order chi connectivity index (χ0) is 8.97. The van der Waals surface area contributed by atoms with Gasteiger partial charge in [0.2, 0.25) is 0 Å². The molecule has 2 atom stereocenters. The number of rotatable bonds is 4. The van der Waals surface area contributed by atoms with E-state index in [1.165, 1.54) is 25.7 Å². The highest BCUT2D eigenvalue weighted by atomic mass is 16.5. The molecule has 1 nitrogen and oxygen atoms in total. The van der Waals surface area contributed by atoms with Gasteiger partial charge in [0.05, 0.1) is 0 Å². The van der Waals surface area contributed by atoms with E-state index < -0.39 is 0 Å². The molecule has 1 aliphatic rings. The van der Waals surface area contributed by atoms with E-state index in [0.29, 0.717) is 0 Å². The first-order valence-electron chi connectivity index (χ1n) is 5.23. The van der Waals surface area contributed by atoms with Crippen molar-refractivity contribution in [3.05, 3.63) is 0 Å². The van der Waals surface area contributed by atoms with Crippen LogP contribution >= 0.6 is 0 Å². The van der Waals surface area contributed by atoms with Crippen LogP contribution in [0.3, 0.4) is 0 Å². The van der Waals surface area contributed by atoms with Crippen molar-refractivity contribution in [1.29, 1.82) is 0 Å². The molecule has 0 amide bonds. The lowest BCUT2D eigenvalue weighted by Gasteiger charge is -2.14. The summed E-state index contributed by atoms with van der Waals surface area (Å²) in [5.74, 6) is 2.83. The van der Waals surface area contributed by atoms with Gasteiger partial charge in [0, 0.05) is 13.7 Å². The Bertz CT molecular complexity index is 120. The summed E-state index contributed by atoms with van der Waals surface area (Å²) >= 11 is 0. The number of ether oxygens (including phenoxy) is 1. The molecular weight excluding hydrogens is 148 g/mol. The van der Waals surface area contributed by atoms with Crippen LogP contribution in [0.15, 0.2) is 0 Å². The quantitative estimate of drug-likeness (QED) is 0.630. The van der Waals surface area contributed by atoms with Gasteiger partial charge in [-0.2, -0.15) is 0 Å². The molecule has 1 rings (SSSR count). The SMILES string of the molecule is COCCC1CCC(C(C)C)C1. The molecule has 0 aromatic rings. The van der Waals surface area contributed by atoms with Gasteiger partial charge in [-0.15, -0.1) is 0 Å². The van der Waals surface area contributed by atoms with Gasteiger partial charge in [-0.3, -0.25) is 0 Å². The fourth-order valence-electron chi connectivity index (χ4n) is 2.27. The van der Waals surface area contributed by atoms with Crippen LogP contribution in [0.5, 0.6) is 0 Å². The van der Waals surface area contributed by atoms with Crippen LogP contribution in [0.25, 0.3) is 0 Å². The Morgan fingerprint density at radius 1 is 1.33 bits per heavy atom. The molecule has 0 aromatic heterocycles. The van der Waals surface area contributed by atoms with Gasteiger partial charge >= 0.3 is 0 Å². The molecule has 0 N–H and O–H groups in total. The molecule has 0 aliphatic heterocycles. The average molecular weight is 170 g/mol. The highest BCUT2D eigenvalue weighted by molar-refractivity contribution is 4.77. The van der Waals surface area contributed by atoms with E-state index in [9.17, 15) is 0 Å². The number of hydrogen-bond donors (Lipinski definition) is 0. The maximum absolute atomic E-state index is 5.10. The lowest BCUT2D eigenvalue weighted by molar-refractivity contribution is 0.176. The zero-order valence-electron chi connectivity index (χ0n) is 8.68. The lowest BCUT2D eigenvalue weighted by Crippen LogP contribution is -2.05. The van der Waals surface area contributed by atoms with E-state index in [0.717, 1.165) is 24.4 Å². The Labute approximate surface area is 76.5 Å². The van der Waals surface area contributed by atoms with Gasteiger partial charge in [-0.25, -0.2) is 0 Å². The molecule has 0 saturated heterocycles. The maximum Gasteiger partial charge on any atom is 0.0464 e. The molecule has 1 aliphatic carbocycles. The highest BCUT2D eigenvalue weighted by Crippen LogP contribution is 2.37. The summed E-state index contributed by atoms with van der Waals surface area (Å²) in [5, 5.41) is 0. The molecule has 72 valence electrons. The van der Waals surface area contributed by atoms with Crippen molar-refractivity contribution in [3.8, 4) is 0 Å². The third-order valence-electron chi connectivity index (χ3n) is 3.25. The van der Waals surface area contributed by atoms with Crippen LogP contribution in [0.2, 0.25) is 0 Å². The number of hydrogen-bond acceptors (Lipinski definition) is 1. The first-order chi connectivity index (χ1) is 5.74. The van der Waals surface area contributed by atoms with Gasteiger partial charge in [-0.1, -0.05) is 20.3 Å². The molecule has 0 radical (unpaired) electrons. The minimum atomic E-state index is 0.887. The summed E-state index contributed by atoms with van der Waals surface area (Å²) in [4.78, 5) is 0. The third-order valence-corrected chi connectivity index (χ3v) is 3.25. The van der Waals surface area contributed by atoms with Gasteiger partial charge in [0.15, 0.2) is 0 Å². The largest absolute Gasteiger partial charge is 0.385 e. The van der Waals surface area contributed by atoms with E-state index in [1.54, 1.807) is 7.11 Å². The van der Waals surface area contributed by atoms with E-state index in [-0.39, 0.29) is 0 Å². The molecular formula is C11H22O. The molecule has 0 bridgehead atoms. The van der Waals surface area contributed by atoms with Crippen molar-refractivity contribution >= 4 is 0 Å². The van der Waals surface area contributed by atoms with Gasteiger partial charge in [0.1, 0.15) is 0 Å². The van der Waals surface area contributed by atoms with Crippen molar-refractivity contribution < 1.29 is 4.74 Å². The summed E-state index contributed by atoms with van der Waals surface area (Å²) in [6, 6.07) is 0. The first kappa shape index (κ1) is 10.0. The molecule has 12 heavy (non-hydrogen) atoms. The summed E-state index contributed by atoms with van der Waals surface area (Å²) < 4.78 is 5.10. The van der Waals surface area contributed by atoms with Crippen LogP contribution < -0.4 is 0 Å². The molecule has 1 heteroatoms. The van der Waals surface area contributed by atoms with Crippen molar-refractivity contribution in [1.82, 2.24) is 0 Å². The Morgan fingerprint density at radius 3 is 2.58 bits per heavy atom. The maximum atomic E-state index is 5.10. The summed E-state index contributed by atoms with van der Waals surface area (Å²) in [6.45, 7) is 5.65. The van der Waals surface area contributed by atoms with E-state index in [1.807, 2.05) is 0 Å². The van der Waals surface area contributed by atoms with E-state index >= 15 is 0 Å². The summed E-state index contributed by atoms with van der Waals surface area (Å²) in [6.07, 6.45) is 5.61. The number of methoxy groups -OCH3 is 1. The van der Waals surface area contributed by atoms with Crippen LogP contribution in [0, 0.1) is 17.8 Å². The lowest BCUT2D eigenvalue weighted by atomic mass is 9.93. The Hall–Kier alpha value is -0.0400. The molecule has 1 fully saturated rings. The second-order valence-corrected chi connectivity index (χ2v) is 4.46. The van der Waals surface area contributed by atoms with Gasteiger partial charge in [0.25, 0.3) is 0 Å². The average Bonchev–Trinajstić information content (AvgIpc) is 2.48. The topological polar surface area (TPSA) is 9.23 Å². The highest BCUT2D eigenvalue weighted by Gasteiger charge is 2.25. The predicted molar refractivity (Wildman–Crippen MR) is 52.2 cm³/mol. The van der Waals surface area contributed by atoms with Crippen molar-refractivity contribution in [2.75, 3.05) is 13.7 Å². The van der Waals surface area contributed by atoms with Crippen LogP contribution in [0.4, 0.5) is 0 Å². The van der Waals surface area contributed by atoms with E-state index in [4.69, 9.17) is 4.74 Å². The Balaban J connectivity index is 2.17. The smallest absolute Gasteiger partial charge is 0.0464 e. The van der Waals surface area contributed by atoms with Gasteiger partial charge < -0.3 is 4.74 Å². The van der Waals surface area contributed by atoms with Crippen molar-refractivity contribution in [3.63, 3.8) is 0 Å². The molecule has 1 saturated carbocycles. The fourth-order valence-corrected chi connectivity index (χ4v) is 2.27. The second kappa shape index (κ2) is 4.86. The van der Waals surface area contributed by atoms with Crippen molar-refractivity contribution in [2.24, 2.45) is 17.8 Å². The van der Waals surface area contributed by atoms with Crippen LogP contribution in [0.1, 0.15) is 39.5 Å². The van der Waals surface area contributed by atoms with Crippen molar-refractivity contribution in [2.45, 2.75) is 39.5 Å². The minimum Gasteiger partial charge on any atom is -0.385 e. The van der Waals surface area contributed by atoms with Gasteiger partial charge in [-0.05, 0) is 37.0 Å². The molecule has 2 unspecified atom stereocenters. The summed E-state index contributed by atoms with van der Waals surface area (Å²) in [7, 11) is 1.80. The molecule has 0 heterocycles. The van der Waals surface area contributed by atoms with E-state index in [2.05, 4.69) is 13.8 Å². The minimum absolute atomic E-state index is 0.887. The van der Waals surface area contributed by atoms with Crippen LogP contribution in [-0.4, -0.2) is 13.7 Å². The molecule has 0 spiro atoms. The normalized spacial score (nSPS) is 30.0.